The van der Waals surface area contributed by atoms with Gasteiger partial charge in [-0.05, 0) is 66.1 Å². The van der Waals surface area contributed by atoms with Crippen LogP contribution in [0.15, 0.2) is 95.9 Å². The van der Waals surface area contributed by atoms with Gasteiger partial charge in [-0.1, -0.05) is 78.1 Å². The topological polar surface area (TPSA) is 105 Å². The van der Waals surface area contributed by atoms with Crippen LogP contribution in [0.5, 0.6) is 11.5 Å². The predicted molar refractivity (Wildman–Crippen MR) is 190 cm³/mol. The molecule has 0 aliphatic rings. The molecule has 48 heavy (non-hydrogen) atoms. The number of ether oxygens (including phenoxy) is 2. The van der Waals surface area contributed by atoms with Crippen LogP contribution in [0.1, 0.15) is 24.5 Å². The maximum Gasteiger partial charge on any atom is 0.264 e. The van der Waals surface area contributed by atoms with E-state index in [0.29, 0.717) is 39.3 Å². The summed E-state index contributed by atoms with van der Waals surface area (Å²) in [6.07, 6.45) is 0.839. The summed E-state index contributed by atoms with van der Waals surface area (Å²) in [7, 11) is -1.56. The van der Waals surface area contributed by atoms with Gasteiger partial charge in [0, 0.05) is 40.6 Å². The van der Waals surface area contributed by atoms with Crippen molar-refractivity contribution in [2.75, 3.05) is 31.6 Å². The molecular weight excluding hydrogens is 697 g/mol. The zero-order chi connectivity index (χ0) is 34.8. The lowest BCUT2D eigenvalue weighted by Gasteiger charge is -2.34. The predicted octanol–water partition coefficient (Wildman–Crippen LogP) is 7.03. The van der Waals surface area contributed by atoms with Gasteiger partial charge in [-0.2, -0.15) is 0 Å². The molecule has 0 aromatic heterocycles. The van der Waals surface area contributed by atoms with Crippen molar-refractivity contribution < 1.29 is 27.5 Å². The fourth-order valence-corrected chi connectivity index (χ4v) is 7.02. The fourth-order valence-electron chi connectivity index (χ4n) is 4.99. The van der Waals surface area contributed by atoms with E-state index in [1.54, 1.807) is 18.2 Å². The molecule has 0 aliphatic carbocycles. The molecule has 0 unspecified atom stereocenters. The van der Waals surface area contributed by atoms with Gasteiger partial charge in [0.2, 0.25) is 11.8 Å². The number of carbonyl (C=O) groups excluding carboxylic acids is 2. The molecule has 4 rings (SSSR count). The number of hydrogen-bond donors (Lipinski definition) is 1. The van der Waals surface area contributed by atoms with Crippen molar-refractivity contribution in [1.29, 1.82) is 0 Å². The Morgan fingerprint density at radius 2 is 1.50 bits per heavy atom. The quantitative estimate of drug-likeness (QED) is 0.141. The summed E-state index contributed by atoms with van der Waals surface area (Å²) in [6, 6.07) is 23.3. The third-order valence-corrected chi connectivity index (χ3v) is 10.1. The van der Waals surface area contributed by atoms with Crippen molar-refractivity contribution in [2.24, 2.45) is 0 Å². The van der Waals surface area contributed by atoms with E-state index in [2.05, 4.69) is 5.32 Å². The summed E-state index contributed by atoms with van der Waals surface area (Å²) in [5, 5.41) is 3.98. The van der Waals surface area contributed by atoms with E-state index in [0.717, 1.165) is 9.87 Å². The first kappa shape index (κ1) is 36.9. The highest BCUT2D eigenvalue weighted by atomic mass is 35.5. The van der Waals surface area contributed by atoms with Crippen molar-refractivity contribution >= 4 is 62.3 Å². The minimum absolute atomic E-state index is 0.100. The van der Waals surface area contributed by atoms with Crippen LogP contribution in [0.2, 0.25) is 15.1 Å². The highest BCUT2D eigenvalue weighted by Crippen LogP contribution is 2.33. The lowest BCUT2D eigenvalue weighted by atomic mass is 10.0. The van der Waals surface area contributed by atoms with E-state index in [1.807, 2.05) is 37.3 Å². The Kier molecular flexibility index (Phi) is 13.0. The average molecular weight is 733 g/mol. The third kappa shape index (κ3) is 9.14. The summed E-state index contributed by atoms with van der Waals surface area (Å²) in [6.45, 7) is 1.55. The minimum atomic E-state index is -4.40. The number of hydrogen-bond acceptors (Lipinski definition) is 6. The van der Waals surface area contributed by atoms with Gasteiger partial charge >= 0.3 is 0 Å². The van der Waals surface area contributed by atoms with Crippen molar-refractivity contribution in [3.8, 4) is 11.5 Å². The van der Waals surface area contributed by atoms with Crippen LogP contribution < -0.4 is 19.1 Å². The molecule has 4 aromatic carbocycles. The number of nitrogens with zero attached hydrogens (tertiary/aromatic N) is 2. The van der Waals surface area contributed by atoms with Crippen LogP contribution in [-0.2, 0) is 32.6 Å². The van der Waals surface area contributed by atoms with Gasteiger partial charge in [0.05, 0.1) is 24.8 Å². The second-order valence-electron chi connectivity index (χ2n) is 10.8. The summed E-state index contributed by atoms with van der Waals surface area (Å²) in [5.41, 5.74) is 1.51. The zero-order valence-corrected chi connectivity index (χ0v) is 29.7. The maximum absolute atomic E-state index is 14.6. The molecule has 4 aromatic rings. The highest BCUT2D eigenvalue weighted by molar-refractivity contribution is 7.92. The molecule has 0 saturated carbocycles. The molecule has 13 heteroatoms. The molecule has 9 nitrogen and oxygen atoms in total. The SMILES string of the molecule is CCCNC(=O)[C@H](Cc1ccccc1)N(Cc1ccc(Cl)cc1Cl)C(=O)CN(c1ccc(Cl)cc1)S(=O)(=O)c1ccc(OC)c(OC)c1. The van der Waals surface area contributed by atoms with Crippen LogP contribution in [0.4, 0.5) is 5.69 Å². The smallest absolute Gasteiger partial charge is 0.264 e. The van der Waals surface area contributed by atoms with Gasteiger partial charge in [-0.3, -0.25) is 13.9 Å². The number of amides is 2. The van der Waals surface area contributed by atoms with Gasteiger partial charge in [0.15, 0.2) is 11.5 Å². The second kappa shape index (κ2) is 16.9. The molecule has 0 spiro atoms. The zero-order valence-electron chi connectivity index (χ0n) is 26.7. The van der Waals surface area contributed by atoms with E-state index in [-0.39, 0.29) is 35.2 Å². The summed E-state index contributed by atoms with van der Waals surface area (Å²) < 4.78 is 40.3. The van der Waals surface area contributed by atoms with Crippen molar-refractivity contribution in [2.45, 2.75) is 37.2 Å². The maximum atomic E-state index is 14.6. The third-order valence-electron chi connectivity index (χ3n) is 7.51. The van der Waals surface area contributed by atoms with Crippen LogP contribution in [-0.4, -0.2) is 58.5 Å². The van der Waals surface area contributed by atoms with E-state index in [4.69, 9.17) is 44.3 Å². The lowest BCUT2D eigenvalue weighted by molar-refractivity contribution is -0.140. The second-order valence-corrected chi connectivity index (χ2v) is 13.9. The van der Waals surface area contributed by atoms with Crippen LogP contribution in [0.25, 0.3) is 0 Å². The molecular formula is C35H36Cl3N3O6S. The molecule has 0 radical (unpaired) electrons. The minimum Gasteiger partial charge on any atom is -0.493 e. The van der Waals surface area contributed by atoms with Crippen LogP contribution >= 0.6 is 34.8 Å². The molecule has 0 heterocycles. The Bertz CT molecular complexity index is 1830. The normalized spacial score (nSPS) is 11.8. The number of carbonyl (C=O) groups is 2. The summed E-state index contributed by atoms with van der Waals surface area (Å²) in [5.74, 6) is -0.513. The van der Waals surface area contributed by atoms with Crippen molar-refractivity contribution in [3.05, 3.63) is 117 Å². The number of nitrogens with one attached hydrogen (secondary N) is 1. The van der Waals surface area contributed by atoms with E-state index in [1.165, 1.54) is 61.6 Å². The van der Waals surface area contributed by atoms with E-state index in [9.17, 15) is 18.0 Å². The molecule has 0 fully saturated rings. The van der Waals surface area contributed by atoms with Crippen LogP contribution in [0, 0.1) is 0 Å². The van der Waals surface area contributed by atoms with E-state index >= 15 is 0 Å². The van der Waals surface area contributed by atoms with Gasteiger partial charge in [0.25, 0.3) is 10.0 Å². The first-order chi connectivity index (χ1) is 23.0. The van der Waals surface area contributed by atoms with Gasteiger partial charge < -0.3 is 19.7 Å². The Morgan fingerprint density at radius 1 is 0.833 bits per heavy atom. The number of anilines is 1. The lowest BCUT2D eigenvalue weighted by Crippen LogP contribution is -2.53. The molecule has 0 bridgehead atoms. The Morgan fingerprint density at radius 3 is 2.12 bits per heavy atom. The summed E-state index contributed by atoms with van der Waals surface area (Å²) in [4.78, 5) is 29.6. The standard InChI is InChI=1S/C35H36Cl3N3O6S/c1-4-18-39-35(43)31(19-24-8-6-5-7-9-24)40(22-25-10-11-27(37)20-30(25)38)34(42)23-41(28-14-12-26(36)13-15-28)48(44,45)29-16-17-32(46-2)33(21-29)47-3/h5-17,20-21,31H,4,18-19,22-23H2,1-3H3,(H,39,43)/t31-/m0/s1. The fraction of sp³-hybridized carbons (Fsp3) is 0.257. The van der Waals surface area contributed by atoms with E-state index < -0.39 is 28.5 Å². The first-order valence-corrected chi connectivity index (χ1v) is 17.6. The Hall–Kier alpha value is -3.96. The van der Waals surface area contributed by atoms with Gasteiger partial charge in [-0.25, -0.2) is 8.42 Å². The first-order valence-electron chi connectivity index (χ1n) is 15.0. The molecule has 1 N–H and O–H groups in total. The van der Waals surface area contributed by atoms with Crippen molar-refractivity contribution in [1.82, 2.24) is 10.2 Å². The average Bonchev–Trinajstić information content (AvgIpc) is 3.08. The highest BCUT2D eigenvalue weighted by Gasteiger charge is 2.35. The molecule has 0 aliphatic heterocycles. The number of rotatable bonds is 15. The monoisotopic (exact) mass is 731 g/mol. The number of halogens is 3. The summed E-state index contributed by atoms with van der Waals surface area (Å²) >= 11 is 18.9. The molecule has 0 saturated heterocycles. The Labute approximate surface area is 296 Å². The number of methoxy groups -OCH3 is 2. The molecule has 1 atom stereocenters. The van der Waals surface area contributed by atoms with Gasteiger partial charge in [-0.15, -0.1) is 0 Å². The largest absolute Gasteiger partial charge is 0.493 e. The van der Waals surface area contributed by atoms with Gasteiger partial charge in [0.1, 0.15) is 12.6 Å². The number of benzene rings is 4. The molecule has 254 valence electrons. The number of sulfonamides is 1. The van der Waals surface area contributed by atoms with Crippen molar-refractivity contribution in [3.63, 3.8) is 0 Å². The van der Waals surface area contributed by atoms with Crippen LogP contribution in [0.3, 0.4) is 0 Å². The molecule has 2 amide bonds. The Balaban J connectivity index is 1.83.